The maximum Gasteiger partial charge on any atom is 0.294 e. The zero-order chi connectivity index (χ0) is 15.8. The van der Waals surface area contributed by atoms with Crippen molar-refractivity contribution >= 4 is 23.0 Å². The van der Waals surface area contributed by atoms with Crippen LogP contribution < -0.4 is 10.8 Å². The molecule has 116 valence electrons. The van der Waals surface area contributed by atoms with Crippen molar-refractivity contribution in [2.24, 2.45) is 0 Å². The lowest BCUT2D eigenvalue weighted by Crippen LogP contribution is -2.20. The number of benzene rings is 2. The van der Waals surface area contributed by atoms with E-state index in [-0.39, 0.29) is 5.69 Å². The fourth-order valence-corrected chi connectivity index (χ4v) is 1.93. The van der Waals surface area contributed by atoms with Crippen molar-refractivity contribution in [2.75, 3.05) is 18.6 Å². The van der Waals surface area contributed by atoms with Crippen LogP contribution in [0.5, 0.6) is 0 Å². The number of anilines is 1. The van der Waals surface area contributed by atoms with Crippen molar-refractivity contribution in [1.82, 2.24) is 5.32 Å². The molecule has 0 heterocycles. The topological polar surface area (TPSA) is 76.4 Å². The van der Waals surface area contributed by atoms with Gasteiger partial charge in [0.15, 0.2) is 0 Å². The number of nitrogens with one attached hydrogen (secondary N) is 2. The molecular formula is C15H16ClN3O3. The Balaban J connectivity index is 1.67. The number of halogens is 1. The summed E-state index contributed by atoms with van der Waals surface area (Å²) in [6.45, 7) is 1.68. The van der Waals surface area contributed by atoms with Gasteiger partial charge in [-0.2, -0.15) is 0 Å². The molecule has 0 saturated heterocycles. The molecule has 0 amide bonds. The second kappa shape index (κ2) is 8.33. The van der Waals surface area contributed by atoms with Crippen molar-refractivity contribution in [3.05, 3.63) is 69.2 Å². The summed E-state index contributed by atoms with van der Waals surface area (Å²) in [6, 6.07) is 13.9. The van der Waals surface area contributed by atoms with Gasteiger partial charge in [-0.3, -0.25) is 20.4 Å². The predicted octanol–water partition coefficient (Wildman–Crippen LogP) is 3.38. The largest absolute Gasteiger partial charge is 0.310 e. The quantitative estimate of drug-likeness (QED) is 0.443. The molecular weight excluding hydrogens is 306 g/mol. The molecule has 0 spiro atoms. The summed E-state index contributed by atoms with van der Waals surface area (Å²) in [5, 5.41) is 14.7. The molecule has 0 radical (unpaired) electrons. The Bertz CT molecular complexity index is 620. The van der Waals surface area contributed by atoms with Gasteiger partial charge in [-0.15, -0.1) is 0 Å². The molecule has 0 unspecified atom stereocenters. The lowest BCUT2D eigenvalue weighted by atomic mass is 10.2. The fraction of sp³-hybridized carbons (Fsp3) is 0.200. The summed E-state index contributed by atoms with van der Waals surface area (Å²) in [7, 11) is 0. The lowest BCUT2D eigenvalue weighted by molar-refractivity contribution is -0.384. The summed E-state index contributed by atoms with van der Waals surface area (Å²) in [4.78, 5) is 15.6. The van der Waals surface area contributed by atoms with Crippen LogP contribution in [0.25, 0.3) is 0 Å². The van der Waals surface area contributed by atoms with Gasteiger partial charge >= 0.3 is 0 Å². The molecule has 0 aliphatic rings. The predicted molar refractivity (Wildman–Crippen MR) is 85.8 cm³/mol. The highest BCUT2D eigenvalue weighted by Crippen LogP contribution is 2.22. The molecule has 0 aromatic heterocycles. The number of para-hydroxylation sites is 2. The van der Waals surface area contributed by atoms with Crippen molar-refractivity contribution in [3.8, 4) is 0 Å². The van der Waals surface area contributed by atoms with Crippen LogP contribution in [-0.2, 0) is 11.4 Å². The van der Waals surface area contributed by atoms with Gasteiger partial charge in [-0.05, 0) is 23.8 Å². The van der Waals surface area contributed by atoms with Gasteiger partial charge in [0.05, 0.1) is 11.5 Å². The van der Waals surface area contributed by atoms with Crippen LogP contribution in [0.3, 0.4) is 0 Å². The van der Waals surface area contributed by atoms with Crippen LogP contribution in [0.1, 0.15) is 5.56 Å². The Kier molecular flexibility index (Phi) is 6.14. The minimum absolute atomic E-state index is 0.0170. The maximum atomic E-state index is 10.8. The molecule has 0 aliphatic carbocycles. The molecule has 0 saturated carbocycles. The smallest absolute Gasteiger partial charge is 0.294 e. The van der Waals surface area contributed by atoms with Crippen LogP contribution >= 0.6 is 11.6 Å². The zero-order valence-electron chi connectivity index (χ0n) is 11.8. The van der Waals surface area contributed by atoms with E-state index in [4.69, 9.17) is 16.4 Å². The minimum Gasteiger partial charge on any atom is -0.310 e. The van der Waals surface area contributed by atoms with Crippen LogP contribution in [0.2, 0.25) is 5.02 Å². The Hall–Kier alpha value is -2.15. The molecule has 2 N–H and O–H groups in total. The van der Waals surface area contributed by atoms with Gasteiger partial charge in [0.25, 0.3) is 5.69 Å². The van der Waals surface area contributed by atoms with Crippen molar-refractivity contribution in [1.29, 1.82) is 0 Å². The first-order chi connectivity index (χ1) is 10.7. The summed E-state index contributed by atoms with van der Waals surface area (Å²) in [5.74, 6) is 0. The molecule has 0 aliphatic heterocycles. The lowest BCUT2D eigenvalue weighted by Gasteiger charge is -2.08. The number of hydrogen-bond donors (Lipinski definition) is 2. The van der Waals surface area contributed by atoms with Gasteiger partial charge in [0, 0.05) is 24.2 Å². The van der Waals surface area contributed by atoms with Crippen LogP contribution in [0, 0.1) is 10.1 Å². The highest BCUT2D eigenvalue weighted by molar-refractivity contribution is 6.30. The Labute approximate surface area is 133 Å². The minimum atomic E-state index is -0.454. The van der Waals surface area contributed by atoms with E-state index in [1.165, 1.54) is 6.07 Å². The second-order valence-corrected chi connectivity index (χ2v) is 4.96. The number of nitrogens with zero attached hydrogens (tertiary/aromatic N) is 1. The Morgan fingerprint density at radius 3 is 2.59 bits per heavy atom. The number of rotatable bonds is 8. The molecule has 7 heteroatoms. The molecule has 2 aromatic rings. The number of hydrogen-bond acceptors (Lipinski definition) is 5. The van der Waals surface area contributed by atoms with Gasteiger partial charge < -0.3 is 5.32 Å². The van der Waals surface area contributed by atoms with Crippen molar-refractivity contribution < 1.29 is 9.76 Å². The zero-order valence-corrected chi connectivity index (χ0v) is 12.5. The monoisotopic (exact) mass is 321 g/mol. The fourth-order valence-electron chi connectivity index (χ4n) is 1.81. The SMILES string of the molecule is O=[N+]([O-])c1ccccc1NOCCNCc1ccc(Cl)cc1. The van der Waals surface area contributed by atoms with E-state index in [0.29, 0.717) is 30.4 Å². The van der Waals surface area contributed by atoms with E-state index in [2.05, 4.69) is 10.8 Å². The standard InChI is InChI=1S/C15H16ClN3O3/c16-13-7-5-12(6-8-13)11-17-9-10-22-18-14-3-1-2-4-15(14)19(20)21/h1-8,17-18H,9-11H2. The first-order valence-corrected chi connectivity index (χ1v) is 7.11. The maximum absolute atomic E-state index is 10.8. The summed E-state index contributed by atoms with van der Waals surface area (Å²) >= 11 is 5.81. The highest BCUT2D eigenvalue weighted by atomic mass is 35.5. The van der Waals surface area contributed by atoms with E-state index in [1.54, 1.807) is 18.2 Å². The van der Waals surface area contributed by atoms with Crippen molar-refractivity contribution in [2.45, 2.75) is 6.54 Å². The van der Waals surface area contributed by atoms with E-state index in [0.717, 1.165) is 5.56 Å². The Morgan fingerprint density at radius 2 is 1.86 bits per heavy atom. The summed E-state index contributed by atoms with van der Waals surface area (Å²) in [5.41, 5.74) is 4.04. The molecule has 0 fully saturated rings. The van der Waals surface area contributed by atoms with Crippen molar-refractivity contribution in [3.63, 3.8) is 0 Å². The Morgan fingerprint density at radius 1 is 1.14 bits per heavy atom. The third-order valence-electron chi connectivity index (χ3n) is 2.91. The normalized spacial score (nSPS) is 10.4. The first-order valence-electron chi connectivity index (χ1n) is 6.73. The van der Waals surface area contributed by atoms with Gasteiger partial charge in [0.2, 0.25) is 0 Å². The summed E-state index contributed by atoms with van der Waals surface area (Å²) in [6.07, 6.45) is 0. The van der Waals surface area contributed by atoms with Gasteiger partial charge in [0.1, 0.15) is 5.69 Å². The van der Waals surface area contributed by atoms with Gasteiger partial charge in [-0.1, -0.05) is 35.9 Å². The van der Waals surface area contributed by atoms with E-state index >= 15 is 0 Å². The molecule has 6 nitrogen and oxygen atoms in total. The van der Waals surface area contributed by atoms with Crippen LogP contribution in [0.15, 0.2) is 48.5 Å². The van der Waals surface area contributed by atoms with E-state index in [9.17, 15) is 10.1 Å². The van der Waals surface area contributed by atoms with Crippen LogP contribution in [0.4, 0.5) is 11.4 Å². The molecule has 22 heavy (non-hydrogen) atoms. The molecule has 2 aromatic carbocycles. The average Bonchev–Trinajstić information content (AvgIpc) is 2.52. The molecule has 2 rings (SSSR count). The third-order valence-corrected chi connectivity index (χ3v) is 3.16. The first kappa shape index (κ1) is 16.2. The van der Waals surface area contributed by atoms with E-state index in [1.807, 2.05) is 24.3 Å². The average molecular weight is 322 g/mol. The van der Waals surface area contributed by atoms with E-state index < -0.39 is 4.92 Å². The molecule has 0 atom stereocenters. The second-order valence-electron chi connectivity index (χ2n) is 4.53. The number of nitro groups is 1. The van der Waals surface area contributed by atoms with Crippen LogP contribution in [-0.4, -0.2) is 18.1 Å². The number of nitro benzene ring substituents is 1. The van der Waals surface area contributed by atoms with Gasteiger partial charge in [-0.25, -0.2) is 0 Å². The highest BCUT2D eigenvalue weighted by Gasteiger charge is 2.11. The molecule has 0 bridgehead atoms. The summed E-state index contributed by atoms with van der Waals surface area (Å²) < 4.78 is 0. The third kappa shape index (κ3) is 5.00.